The van der Waals surface area contributed by atoms with Crippen LogP contribution in [0.3, 0.4) is 0 Å². The van der Waals surface area contributed by atoms with Crippen LogP contribution in [-0.4, -0.2) is 43.0 Å². The minimum Gasteiger partial charge on any atom is -0.493 e. The second-order valence-corrected chi connectivity index (χ2v) is 7.99. The quantitative estimate of drug-likeness (QED) is 0.487. The Balaban J connectivity index is 3.56. The highest BCUT2D eigenvalue weighted by atomic mass is 127. The second-order valence-electron chi connectivity index (χ2n) is 6.83. The van der Waals surface area contributed by atoms with Crippen LogP contribution in [0.4, 0.5) is 0 Å². The summed E-state index contributed by atoms with van der Waals surface area (Å²) in [5.74, 6) is 0.580. The molecule has 6 nitrogen and oxygen atoms in total. The molecule has 0 aliphatic carbocycles. The third-order valence-electron chi connectivity index (χ3n) is 3.59. The Morgan fingerprint density at radius 2 is 1.81 bits per heavy atom. The molecule has 0 aliphatic rings. The van der Waals surface area contributed by atoms with E-state index in [1.165, 1.54) is 18.9 Å². The van der Waals surface area contributed by atoms with Gasteiger partial charge in [0.25, 0.3) is 0 Å². The number of benzene rings is 1. The average Bonchev–Trinajstić information content (AvgIpc) is 2.53. The fourth-order valence-electron chi connectivity index (χ4n) is 2.52. The highest BCUT2D eigenvalue weighted by Crippen LogP contribution is 2.36. The monoisotopic (exact) mass is 474 g/mol. The minimum atomic E-state index is -0.809. The molecule has 0 spiro atoms. The number of methoxy groups -OCH3 is 2. The van der Waals surface area contributed by atoms with E-state index in [-0.39, 0.29) is 18.4 Å². The topological polar surface area (TPSA) is 67.9 Å². The Morgan fingerprint density at radius 1 is 1.27 bits per heavy atom. The van der Waals surface area contributed by atoms with Crippen LogP contribution in [-0.2, 0) is 9.59 Å². The maximum atomic E-state index is 13.1. The maximum absolute atomic E-state index is 13.1. The zero-order valence-corrected chi connectivity index (χ0v) is 18.3. The molecule has 0 fully saturated rings. The molecule has 1 aromatic carbocycles. The summed E-state index contributed by atoms with van der Waals surface area (Å²) in [6, 6.07) is 2.72. The van der Waals surface area contributed by atoms with Gasteiger partial charge in [-0.3, -0.25) is 9.59 Å². The van der Waals surface area contributed by atoms with Crippen molar-refractivity contribution in [2.45, 2.75) is 39.3 Å². The van der Waals surface area contributed by atoms with Gasteiger partial charge in [0.15, 0.2) is 11.5 Å². The molecular weight excluding hydrogens is 447 g/mol. The molecule has 1 aromatic rings. The van der Waals surface area contributed by atoms with Crippen molar-refractivity contribution in [1.82, 2.24) is 10.2 Å². The van der Waals surface area contributed by atoms with Gasteiger partial charge < -0.3 is 19.7 Å². The van der Waals surface area contributed by atoms with Crippen molar-refractivity contribution in [2.75, 3.05) is 20.8 Å². The van der Waals surface area contributed by atoms with Gasteiger partial charge in [0.1, 0.15) is 6.04 Å². The Morgan fingerprint density at radius 3 is 2.23 bits per heavy atom. The highest BCUT2D eigenvalue weighted by molar-refractivity contribution is 14.1. The van der Waals surface area contributed by atoms with Gasteiger partial charge >= 0.3 is 0 Å². The summed E-state index contributed by atoms with van der Waals surface area (Å²) in [4.78, 5) is 26.8. The van der Waals surface area contributed by atoms with Crippen LogP contribution in [0.15, 0.2) is 24.8 Å². The number of amides is 2. The van der Waals surface area contributed by atoms with Crippen molar-refractivity contribution in [3.8, 4) is 11.5 Å². The van der Waals surface area contributed by atoms with Crippen LogP contribution in [0.25, 0.3) is 0 Å². The first-order valence-electron chi connectivity index (χ1n) is 8.17. The van der Waals surface area contributed by atoms with E-state index in [1.807, 2.05) is 20.8 Å². The molecule has 0 aromatic heterocycles. The molecule has 1 unspecified atom stereocenters. The van der Waals surface area contributed by atoms with Crippen LogP contribution >= 0.6 is 22.6 Å². The predicted octanol–water partition coefficient (Wildman–Crippen LogP) is 3.30. The molecule has 7 heteroatoms. The van der Waals surface area contributed by atoms with Crippen LogP contribution in [0.5, 0.6) is 11.5 Å². The van der Waals surface area contributed by atoms with E-state index in [2.05, 4.69) is 34.5 Å². The third-order valence-corrected chi connectivity index (χ3v) is 4.52. The number of carbonyl (C=O) groups excluding carboxylic acids is 2. The average molecular weight is 474 g/mol. The minimum absolute atomic E-state index is 0.218. The lowest BCUT2D eigenvalue weighted by Crippen LogP contribution is -2.49. The van der Waals surface area contributed by atoms with Gasteiger partial charge in [-0.1, -0.05) is 6.08 Å². The summed E-state index contributed by atoms with van der Waals surface area (Å²) in [5.41, 5.74) is 0.232. The molecule has 1 atom stereocenters. The summed E-state index contributed by atoms with van der Waals surface area (Å²) < 4.78 is 11.5. The van der Waals surface area contributed by atoms with E-state index in [1.54, 1.807) is 25.3 Å². The first-order valence-corrected chi connectivity index (χ1v) is 9.25. The smallest absolute Gasteiger partial charge is 0.247 e. The Bertz CT molecular complexity index is 683. The summed E-state index contributed by atoms with van der Waals surface area (Å²) in [7, 11) is 3.09. The first kappa shape index (κ1) is 22.3. The molecule has 0 saturated carbocycles. The van der Waals surface area contributed by atoms with Gasteiger partial charge in [-0.05, 0) is 55.5 Å². The van der Waals surface area contributed by atoms with Crippen molar-refractivity contribution in [2.24, 2.45) is 0 Å². The van der Waals surface area contributed by atoms with Gasteiger partial charge in [-0.25, -0.2) is 0 Å². The maximum Gasteiger partial charge on any atom is 0.247 e. The van der Waals surface area contributed by atoms with E-state index < -0.39 is 11.6 Å². The van der Waals surface area contributed by atoms with Crippen molar-refractivity contribution >= 4 is 34.4 Å². The zero-order chi connectivity index (χ0) is 20.1. The Kier molecular flexibility index (Phi) is 7.92. The fourth-order valence-corrected chi connectivity index (χ4v) is 3.26. The number of ether oxygens (including phenoxy) is 2. The first-order chi connectivity index (χ1) is 12.1. The number of hydrogen-bond donors (Lipinski definition) is 1. The van der Waals surface area contributed by atoms with Gasteiger partial charge in [0.2, 0.25) is 11.8 Å². The van der Waals surface area contributed by atoms with E-state index in [9.17, 15) is 9.59 Å². The lowest BCUT2D eigenvalue weighted by molar-refractivity contribution is -0.139. The number of halogens is 1. The summed E-state index contributed by atoms with van der Waals surface area (Å²) >= 11 is 2.13. The number of rotatable bonds is 7. The second kappa shape index (κ2) is 9.25. The number of carbonyl (C=O) groups is 2. The Hall–Kier alpha value is -1.77. The molecule has 0 radical (unpaired) electrons. The molecule has 1 N–H and O–H groups in total. The largest absolute Gasteiger partial charge is 0.493 e. The molecule has 0 heterocycles. The summed E-state index contributed by atoms with van der Waals surface area (Å²) in [5, 5.41) is 2.96. The van der Waals surface area contributed by atoms with Gasteiger partial charge in [0, 0.05) is 28.1 Å². The van der Waals surface area contributed by atoms with E-state index in [4.69, 9.17) is 9.47 Å². The van der Waals surface area contributed by atoms with Crippen LogP contribution < -0.4 is 14.8 Å². The third kappa shape index (κ3) is 5.62. The normalized spacial score (nSPS) is 12.1. The van der Waals surface area contributed by atoms with Gasteiger partial charge in [-0.15, -0.1) is 6.58 Å². The summed E-state index contributed by atoms with van der Waals surface area (Å²) in [6.07, 6.45) is 1.60. The number of hydrogen-bond acceptors (Lipinski definition) is 4. The molecule has 0 aliphatic heterocycles. The molecular formula is C19H27IN2O4. The molecule has 26 heavy (non-hydrogen) atoms. The molecule has 1 rings (SSSR count). The SMILES string of the molecule is C=CCN(C(C)=O)C(C(=O)NC(C)(C)C)c1cc(OC)c(OC)cc1I. The van der Waals surface area contributed by atoms with Crippen LogP contribution in [0, 0.1) is 3.57 Å². The molecule has 144 valence electrons. The Labute approximate surface area is 169 Å². The van der Waals surface area contributed by atoms with Crippen molar-refractivity contribution in [3.63, 3.8) is 0 Å². The van der Waals surface area contributed by atoms with Gasteiger partial charge in [0.05, 0.1) is 14.2 Å². The van der Waals surface area contributed by atoms with E-state index >= 15 is 0 Å². The number of nitrogens with zero attached hydrogens (tertiary/aromatic N) is 1. The lowest BCUT2D eigenvalue weighted by Gasteiger charge is -2.33. The predicted molar refractivity (Wildman–Crippen MR) is 110 cm³/mol. The molecule has 2 amide bonds. The van der Waals surface area contributed by atoms with Crippen LogP contribution in [0.2, 0.25) is 0 Å². The molecule has 0 bridgehead atoms. The van der Waals surface area contributed by atoms with Crippen LogP contribution in [0.1, 0.15) is 39.3 Å². The fraction of sp³-hybridized carbons (Fsp3) is 0.474. The number of nitrogens with one attached hydrogen (secondary N) is 1. The lowest BCUT2D eigenvalue weighted by atomic mass is 10.0. The standard InChI is InChI=1S/C19H27IN2O4/c1-8-9-22(12(2)23)17(18(24)21-19(3,4)5)13-10-15(25-6)16(26-7)11-14(13)20/h8,10-11,17H,1,9H2,2-7H3,(H,21,24). The zero-order valence-electron chi connectivity index (χ0n) is 16.2. The van der Waals surface area contributed by atoms with Crippen molar-refractivity contribution in [1.29, 1.82) is 0 Å². The highest BCUT2D eigenvalue weighted by Gasteiger charge is 2.33. The van der Waals surface area contributed by atoms with Crippen molar-refractivity contribution in [3.05, 3.63) is 33.9 Å². The molecule has 0 saturated heterocycles. The van der Waals surface area contributed by atoms with E-state index in [0.29, 0.717) is 17.1 Å². The van der Waals surface area contributed by atoms with E-state index in [0.717, 1.165) is 3.57 Å². The van der Waals surface area contributed by atoms with Gasteiger partial charge in [-0.2, -0.15) is 0 Å². The van der Waals surface area contributed by atoms with Crippen molar-refractivity contribution < 1.29 is 19.1 Å². The summed E-state index contributed by atoms with van der Waals surface area (Å²) in [6.45, 7) is 11.1.